The summed E-state index contributed by atoms with van der Waals surface area (Å²) in [6.45, 7) is 0. The van der Waals surface area contributed by atoms with Crippen molar-refractivity contribution in [2.24, 2.45) is 0 Å². The maximum atomic E-state index is 13.2. The molecule has 0 radical (unpaired) electrons. The summed E-state index contributed by atoms with van der Waals surface area (Å²) in [5.74, 6) is -1.51. The molecule has 0 saturated heterocycles. The number of anilines is 1. The van der Waals surface area contributed by atoms with Crippen molar-refractivity contribution in [1.29, 1.82) is 0 Å². The summed E-state index contributed by atoms with van der Waals surface area (Å²) >= 11 is 5.82. The average molecular weight is 284 g/mol. The lowest BCUT2D eigenvalue weighted by atomic mass is 10.0. The van der Waals surface area contributed by atoms with Crippen LogP contribution in [-0.4, -0.2) is 11.2 Å². The molecule has 0 unspecified atom stereocenters. The molecule has 0 heterocycles. The predicted molar refractivity (Wildman–Crippen MR) is 68.5 cm³/mol. The maximum Gasteiger partial charge on any atom is 0.409 e. The van der Waals surface area contributed by atoms with Crippen LogP contribution in [0.4, 0.5) is 19.3 Å². The summed E-state index contributed by atoms with van der Waals surface area (Å²) in [7, 11) is 0. The Morgan fingerprint density at radius 3 is 2.32 bits per heavy atom. The first-order chi connectivity index (χ1) is 8.95. The van der Waals surface area contributed by atoms with Crippen molar-refractivity contribution >= 4 is 23.4 Å². The van der Waals surface area contributed by atoms with Crippen LogP contribution in [0.3, 0.4) is 0 Å². The fraction of sp³-hybridized carbons (Fsp3) is 0. The van der Waals surface area contributed by atoms with E-state index >= 15 is 0 Å². The van der Waals surface area contributed by atoms with E-state index in [0.29, 0.717) is 10.6 Å². The van der Waals surface area contributed by atoms with E-state index in [1.54, 1.807) is 0 Å². The van der Waals surface area contributed by atoms with Crippen molar-refractivity contribution in [2.45, 2.75) is 0 Å². The molecule has 0 spiro atoms. The lowest BCUT2D eigenvalue weighted by molar-refractivity contribution is 0.210. The van der Waals surface area contributed by atoms with Gasteiger partial charge in [0.05, 0.1) is 5.69 Å². The summed E-state index contributed by atoms with van der Waals surface area (Å²) in [6, 6.07) is 7.27. The van der Waals surface area contributed by atoms with Crippen molar-refractivity contribution in [3.63, 3.8) is 0 Å². The zero-order valence-electron chi connectivity index (χ0n) is 9.45. The highest BCUT2D eigenvalue weighted by atomic mass is 35.5. The molecule has 2 aromatic carbocycles. The summed E-state index contributed by atoms with van der Waals surface area (Å²) in [6.07, 6.45) is -1.28. The van der Waals surface area contributed by atoms with Crippen molar-refractivity contribution in [2.75, 3.05) is 5.32 Å². The van der Waals surface area contributed by atoms with Crippen LogP contribution in [0.2, 0.25) is 5.02 Å². The highest BCUT2D eigenvalue weighted by molar-refractivity contribution is 6.31. The molecule has 2 aromatic rings. The van der Waals surface area contributed by atoms with Gasteiger partial charge in [-0.2, -0.15) is 0 Å². The van der Waals surface area contributed by atoms with E-state index in [1.807, 2.05) is 0 Å². The van der Waals surface area contributed by atoms with Gasteiger partial charge in [0.25, 0.3) is 0 Å². The number of benzene rings is 2. The van der Waals surface area contributed by atoms with Crippen molar-refractivity contribution in [3.05, 3.63) is 53.1 Å². The Morgan fingerprint density at radius 2 is 1.74 bits per heavy atom. The van der Waals surface area contributed by atoms with Crippen LogP contribution >= 0.6 is 11.6 Å². The normalized spacial score (nSPS) is 10.3. The van der Waals surface area contributed by atoms with Crippen molar-refractivity contribution in [3.8, 4) is 11.1 Å². The Morgan fingerprint density at radius 1 is 1.11 bits per heavy atom. The van der Waals surface area contributed by atoms with Gasteiger partial charge in [0.2, 0.25) is 0 Å². The topological polar surface area (TPSA) is 49.3 Å². The van der Waals surface area contributed by atoms with Gasteiger partial charge in [0, 0.05) is 16.7 Å². The van der Waals surface area contributed by atoms with Gasteiger partial charge in [0.15, 0.2) is 0 Å². The lowest BCUT2D eigenvalue weighted by Gasteiger charge is -2.10. The minimum Gasteiger partial charge on any atom is -0.465 e. The van der Waals surface area contributed by atoms with Gasteiger partial charge in [-0.05, 0) is 35.9 Å². The first-order valence-electron chi connectivity index (χ1n) is 5.21. The Hall–Kier alpha value is -2.14. The molecule has 0 saturated carbocycles. The molecule has 0 aliphatic carbocycles. The zero-order chi connectivity index (χ0) is 14.0. The van der Waals surface area contributed by atoms with Gasteiger partial charge < -0.3 is 5.11 Å². The van der Waals surface area contributed by atoms with Crippen molar-refractivity contribution in [1.82, 2.24) is 0 Å². The second-order valence-corrected chi connectivity index (χ2v) is 4.21. The summed E-state index contributed by atoms with van der Waals surface area (Å²) in [4.78, 5) is 10.7. The molecule has 6 heteroatoms. The van der Waals surface area contributed by atoms with Crippen molar-refractivity contribution < 1.29 is 18.7 Å². The van der Waals surface area contributed by atoms with Crippen LogP contribution in [0.5, 0.6) is 0 Å². The third kappa shape index (κ3) is 3.20. The number of nitrogens with one attached hydrogen (secondary N) is 1. The van der Waals surface area contributed by atoms with Crippen LogP contribution in [0.25, 0.3) is 11.1 Å². The monoisotopic (exact) mass is 283 g/mol. The van der Waals surface area contributed by atoms with E-state index in [-0.39, 0.29) is 11.3 Å². The molecule has 1 amide bonds. The minimum atomic E-state index is -1.28. The van der Waals surface area contributed by atoms with Crippen LogP contribution in [-0.2, 0) is 0 Å². The second-order valence-electron chi connectivity index (χ2n) is 3.78. The van der Waals surface area contributed by atoms with E-state index in [2.05, 4.69) is 5.32 Å². The van der Waals surface area contributed by atoms with Crippen LogP contribution in [0.15, 0.2) is 36.4 Å². The SMILES string of the molecule is O=C(O)Nc1ccc(Cl)cc1-c1cc(F)cc(F)c1. The Balaban J connectivity index is 2.58. The van der Waals surface area contributed by atoms with Gasteiger partial charge in [-0.1, -0.05) is 11.6 Å². The predicted octanol–water partition coefficient (Wildman–Crippen LogP) is 4.38. The number of hydrogen-bond donors (Lipinski definition) is 2. The maximum absolute atomic E-state index is 13.2. The standard InChI is InChI=1S/C13H8ClF2NO2/c14-8-1-2-12(17-13(18)19)11(5-8)7-3-9(15)6-10(16)4-7/h1-6,17H,(H,18,19). The molecule has 3 nitrogen and oxygen atoms in total. The van der Waals surface area contributed by atoms with Crippen LogP contribution in [0.1, 0.15) is 0 Å². The molecular formula is C13H8ClF2NO2. The molecule has 0 bridgehead atoms. The lowest BCUT2D eigenvalue weighted by Crippen LogP contribution is -2.08. The first kappa shape index (κ1) is 13.3. The molecule has 0 aliphatic heterocycles. The number of carbonyl (C=O) groups is 1. The number of rotatable bonds is 2. The molecule has 0 aromatic heterocycles. The van der Waals surface area contributed by atoms with Gasteiger partial charge in [-0.15, -0.1) is 0 Å². The molecule has 2 rings (SSSR count). The van der Waals surface area contributed by atoms with Gasteiger partial charge in [0.1, 0.15) is 11.6 Å². The van der Waals surface area contributed by atoms with E-state index in [9.17, 15) is 13.6 Å². The van der Waals surface area contributed by atoms with Crippen LogP contribution < -0.4 is 5.32 Å². The van der Waals surface area contributed by atoms with Gasteiger partial charge >= 0.3 is 6.09 Å². The Bertz CT molecular complexity index is 626. The minimum absolute atomic E-state index is 0.196. The average Bonchev–Trinajstić information content (AvgIpc) is 2.29. The molecule has 19 heavy (non-hydrogen) atoms. The third-order valence-corrected chi connectivity index (χ3v) is 2.63. The summed E-state index contributed by atoms with van der Waals surface area (Å²) < 4.78 is 26.4. The van der Waals surface area contributed by atoms with Gasteiger partial charge in [-0.25, -0.2) is 13.6 Å². The first-order valence-corrected chi connectivity index (χ1v) is 5.59. The molecule has 98 valence electrons. The zero-order valence-corrected chi connectivity index (χ0v) is 10.2. The van der Waals surface area contributed by atoms with Crippen LogP contribution in [0, 0.1) is 11.6 Å². The molecule has 2 N–H and O–H groups in total. The largest absolute Gasteiger partial charge is 0.465 e. The second kappa shape index (κ2) is 5.24. The quantitative estimate of drug-likeness (QED) is 0.859. The number of hydrogen-bond acceptors (Lipinski definition) is 1. The molecule has 0 atom stereocenters. The van der Waals surface area contributed by atoms with E-state index in [1.165, 1.54) is 18.2 Å². The van der Waals surface area contributed by atoms with E-state index in [4.69, 9.17) is 16.7 Å². The van der Waals surface area contributed by atoms with Gasteiger partial charge in [-0.3, -0.25) is 5.32 Å². The molecular weight excluding hydrogens is 276 g/mol. The summed E-state index contributed by atoms with van der Waals surface area (Å²) in [5, 5.41) is 11.2. The highest BCUT2D eigenvalue weighted by Gasteiger charge is 2.10. The van der Waals surface area contributed by atoms with E-state index in [0.717, 1.165) is 18.2 Å². The smallest absolute Gasteiger partial charge is 0.409 e. The fourth-order valence-electron chi connectivity index (χ4n) is 1.69. The fourth-order valence-corrected chi connectivity index (χ4v) is 1.86. The highest BCUT2D eigenvalue weighted by Crippen LogP contribution is 2.31. The summed E-state index contributed by atoms with van der Waals surface area (Å²) in [5.41, 5.74) is 0.693. The number of halogens is 3. The molecule has 0 aliphatic rings. The number of amides is 1. The van der Waals surface area contributed by atoms with E-state index < -0.39 is 17.7 Å². The number of carboxylic acid groups (broad SMARTS) is 1. The molecule has 0 fully saturated rings. The third-order valence-electron chi connectivity index (χ3n) is 2.40. The Labute approximate surface area is 112 Å². The Kier molecular flexibility index (Phi) is 3.66.